The number of ether oxygens (including phenoxy) is 2. The molecule has 0 radical (unpaired) electrons. The van der Waals surface area contributed by atoms with Crippen molar-refractivity contribution in [1.29, 1.82) is 0 Å². The van der Waals surface area contributed by atoms with Gasteiger partial charge in [-0.25, -0.2) is 8.78 Å². The number of hydrogen-bond acceptors (Lipinski definition) is 5. The van der Waals surface area contributed by atoms with E-state index in [9.17, 15) is 18.4 Å². The number of primary amides is 1. The van der Waals surface area contributed by atoms with E-state index in [-0.39, 0.29) is 25.6 Å². The van der Waals surface area contributed by atoms with Crippen molar-refractivity contribution in [3.8, 4) is 11.5 Å². The molecule has 1 saturated heterocycles. The SMILES string of the molecule is COc1cc(CNC(=O)C2CC(F)(F)CN2)ccc1OCC(N)=O.Cl. The first kappa shape index (κ1) is 20.9. The topological polar surface area (TPSA) is 103 Å². The Bertz CT molecular complexity index is 631. The minimum Gasteiger partial charge on any atom is -0.493 e. The maximum Gasteiger partial charge on any atom is 0.262 e. The van der Waals surface area contributed by atoms with Gasteiger partial charge in [-0.3, -0.25) is 14.9 Å². The first-order valence-corrected chi connectivity index (χ1v) is 7.28. The highest BCUT2D eigenvalue weighted by molar-refractivity contribution is 5.85. The minimum absolute atomic E-state index is 0. The predicted octanol–water partition coefficient (Wildman–Crippen LogP) is 0.594. The van der Waals surface area contributed by atoms with Gasteiger partial charge in [-0.15, -0.1) is 12.4 Å². The van der Waals surface area contributed by atoms with Gasteiger partial charge in [0.25, 0.3) is 11.8 Å². The molecule has 1 aliphatic rings. The molecule has 7 nitrogen and oxygen atoms in total. The summed E-state index contributed by atoms with van der Waals surface area (Å²) in [7, 11) is 1.43. The molecule has 1 aromatic rings. The molecule has 1 fully saturated rings. The molecule has 1 atom stereocenters. The van der Waals surface area contributed by atoms with E-state index in [0.717, 1.165) is 0 Å². The Balaban J connectivity index is 0.00000312. The molecule has 0 bridgehead atoms. The molecule has 10 heteroatoms. The number of amides is 2. The molecule has 0 spiro atoms. The number of hydrogen-bond donors (Lipinski definition) is 3. The first-order chi connectivity index (χ1) is 11.3. The van der Waals surface area contributed by atoms with Crippen LogP contribution < -0.4 is 25.8 Å². The monoisotopic (exact) mass is 379 g/mol. The van der Waals surface area contributed by atoms with Crippen LogP contribution in [0, 0.1) is 0 Å². The van der Waals surface area contributed by atoms with Gasteiger partial charge >= 0.3 is 0 Å². The van der Waals surface area contributed by atoms with Crippen LogP contribution in [-0.4, -0.2) is 44.0 Å². The molecule has 4 N–H and O–H groups in total. The summed E-state index contributed by atoms with van der Waals surface area (Å²) in [4.78, 5) is 22.6. The Hall–Kier alpha value is -2.13. The van der Waals surface area contributed by atoms with E-state index < -0.39 is 36.7 Å². The minimum atomic E-state index is -2.86. The van der Waals surface area contributed by atoms with E-state index in [1.54, 1.807) is 18.2 Å². The molecule has 1 aromatic carbocycles. The van der Waals surface area contributed by atoms with Crippen LogP contribution in [0.2, 0.25) is 0 Å². The molecule has 25 heavy (non-hydrogen) atoms. The zero-order valence-electron chi connectivity index (χ0n) is 13.5. The lowest BCUT2D eigenvalue weighted by molar-refractivity contribution is -0.123. The second kappa shape index (κ2) is 8.82. The number of halogens is 3. The molecule has 140 valence electrons. The average molecular weight is 380 g/mol. The fraction of sp³-hybridized carbons (Fsp3) is 0.467. The van der Waals surface area contributed by atoms with Gasteiger partial charge in [0.05, 0.1) is 19.7 Å². The van der Waals surface area contributed by atoms with Crippen molar-refractivity contribution < 1.29 is 27.8 Å². The third kappa shape index (κ3) is 6.02. The molecule has 2 rings (SSSR count). The van der Waals surface area contributed by atoms with Crippen LogP contribution in [0.1, 0.15) is 12.0 Å². The quantitative estimate of drug-likeness (QED) is 0.643. The highest BCUT2D eigenvalue weighted by atomic mass is 35.5. The first-order valence-electron chi connectivity index (χ1n) is 7.28. The molecule has 1 unspecified atom stereocenters. The van der Waals surface area contributed by atoms with Crippen LogP contribution in [0.25, 0.3) is 0 Å². The van der Waals surface area contributed by atoms with E-state index in [1.165, 1.54) is 7.11 Å². The standard InChI is InChI=1S/C15H19F2N3O4.ClH/c1-23-12-4-9(2-3-11(12)24-7-13(18)21)6-19-14(22)10-5-15(16,17)8-20-10;/h2-4,10,20H,5-8H2,1H3,(H2,18,21)(H,19,22);1H. The lowest BCUT2D eigenvalue weighted by Crippen LogP contribution is -2.40. The molecule has 2 amide bonds. The highest BCUT2D eigenvalue weighted by Gasteiger charge is 2.42. The van der Waals surface area contributed by atoms with Crippen molar-refractivity contribution in [3.05, 3.63) is 23.8 Å². The Morgan fingerprint density at radius 3 is 2.68 bits per heavy atom. The zero-order valence-corrected chi connectivity index (χ0v) is 14.3. The van der Waals surface area contributed by atoms with Gasteiger partial charge in [0.1, 0.15) is 0 Å². The number of benzene rings is 1. The third-order valence-electron chi connectivity index (χ3n) is 3.49. The van der Waals surface area contributed by atoms with Gasteiger partial charge in [0.2, 0.25) is 5.91 Å². The summed E-state index contributed by atoms with van der Waals surface area (Å²) in [5.41, 5.74) is 5.70. The smallest absolute Gasteiger partial charge is 0.262 e. The van der Waals surface area contributed by atoms with E-state index in [2.05, 4.69) is 10.6 Å². The fourth-order valence-electron chi connectivity index (χ4n) is 2.30. The van der Waals surface area contributed by atoms with E-state index >= 15 is 0 Å². The molecular formula is C15H20ClF2N3O4. The van der Waals surface area contributed by atoms with Gasteiger partial charge in [-0.05, 0) is 17.7 Å². The van der Waals surface area contributed by atoms with Crippen LogP contribution in [0.4, 0.5) is 8.78 Å². The lowest BCUT2D eigenvalue weighted by atomic mass is 10.1. The van der Waals surface area contributed by atoms with Gasteiger partial charge in [0, 0.05) is 13.0 Å². The van der Waals surface area contributed by atoms with Gasteiger partial charge in [0.15, 0.2) is 18.1 Å². The summed E-state index contributed by atoms with van der Waals surface area (Å²) in [6, 6.07) is 3.95. The molecule has 1 aliphatic heterocycles. The molecular weight excluding hydrogens is 360 g/mol. The lowest BCUT2D eigenvalue weighted by Gasteiger charge is -2.13. The van der Waals surface area contributed by atoms with Crippen molar-refractivity contribution in [2.75, 3.05) is 20.3 Å². The normalized spacial score (nSPS) is 18.1. The van der Waals surface area contributed by atoms with Crippen molar-refractivity contribution in [2.45, 2.75) is 24.9 Å². The third-order valence-corrected chi connectivity index (χ3v) is 3.49. The van der Waals surface area contributed by atoms with E-state index in [1.807, 2.05) is 0 Å². The van der Waals surface area contributed by atoms with Crippen molar-refractivity contribution >= 4 is 24.2 Å². The van der Waals surface area contributed by atoms with E-state index in [4.69, 9.17) is 15.2 Å². The molecule has 0 saturated carbocycles. The van der Waals surface area contributed by atoms with Gasteiger partial charge in [-0.2, -0.15) is 0 Å². The number of carbonyl (C=O) groups is 2. The summed E-state index contributed by atoms with van der Waals surface area (Å²) in [6.07, 6.45) is -0.512. The predicted molar refractivity (Wildman–Crippen MR) is 88.1 cm³/mol. The van der Waals surface area contributed by atoms with Crippen LogP contribution in [0.3, 0.4) is 0 Å². The summed E-state index contributed by atoms with van der Waals surface area (Å²) >= 11 is 0. The largest absolute Gasteiger partial charge is 0.493 e. The average Bonchev–Trinajstić information content (AvgIpc) is 2.90. The number of carbonyl (C=O) groups excluding carboxylic acids is 2. The zero-order chi connectivity index (χ0) is 17.7. The van der Waals surface area contributed by atoms with Crippen molar-refractivity contribution in [2.24, 2.45) is 5.73 Å². The second-order valence-electron chi connectivity index (χ2n) is 5.45. The van der Waals surface area contributed by atoms with Crippen molar-refractivity contribution in [3.63, 3.8) is 0 Å². The molecule has 0 aromatic heterocycles. The number of methoxy groups -OCH3 is 1. The van der Waals surface area contributed by atoms with Crippen LogP contribution >= 0.6 is 12.4 Å². The van der Waals surface area contributed by atoms with Gasteiger partial charge < -0.3 is 20.5 Å². The summed E-state index contributed by atoms with van der Waals surface area (Å²) in [5.74, 6) is -3.25. The fourth-order valence-corrected chi connectivity index (χ4v) is 2.30. The summed E-state index contributed by atoms with van der Waals surface area (Å²) in [5, 5.41) is 5.09. The highest BCUT2D eigenvalue weighted by Crippen LogP contribution is 2.28. The summed E-state index contributed by atoms with van der Waals surface area (Å²) in [6.45, 7) is -0.631. The number of alkyl halides is 2. The molecule has 0 aliphatic carbocycles. The Morgan fingerprint density at radius 1 is 1.40 bits per heavy atom. The summed E-state index contributed by atoms with van der Waals surface area (Å²) < 4.78 is 36.5. The number of nitrogens with one attached hydrogen (secondary N) is 2. The number of nitrogens with two attached hydrogens (primary N) is 1. The Labute approximate surface area is 149 Å². The Kier molecular flexibility index (Phi) is 7.38. The van der Waals surface area contributed by atoms with Gasteiger partial charge in [-0.1, -0.05) is 6.07 Å². The number of rotatable bonds is 7. The maximum absolute atomic E-state index is 13.1. The second-order valence-corrected chi connectivity index (χ2v) is 5.45. The maximum atomic E-state index is 13.1. The molecule has 1 heterocycles. The van der Waals surface area contributed by atoms with Crippen LogP contribution in [0.5, 0.6) is 11.5 Å². The van der Waals surface area contributed by atoms with E-state index in [0.29, 0.717) is 17.1 Å². The van der Waals surface area contributed by atoms with Crippen LogP contribution in [0.15, 0.2) is 18.2 Å². The van der Waals surface area contributed by atoms with Crippen molar-refractivity contribution in [1.82, 2.24) is 10.6 Å². The Morgan fingerprint density at radius 2 is 2.12 bits per heavy atom. The van der Waals surface area contributed by atoms with Crippen LogP contribution in [-0.2, 0) is 16.1 Å².